The van der Waals surface area contributed by atoms with Gasteiger partial charge in [-0.2, -0.15) is 0 Å². The predicted octanol–water partition coefficient (Wildman–Crippen LogP) is 4.35. The van der Waals surface area contributed by atoms with Crippen molar-refractivity contribution in [1.29, 1.82) is 0 Å². The Bertz CT molecular complexity index is 1080. The molecule has 1 saturated heterocycles. The Kier molecular flexibility index (Phi) is 10.1. The number of rotatable bonds is 4. The van der Waals surface area contributed by atoms with E-state index in [-0.39, 0.29) is 11.7 Å². The average Bonchev–Trinajstić information content (AvgIpc) is 3.21. The number of nitrogens with one attached hydrogen (secondary N) is 2. The van der Waals surface area contributed by atoms with Crippen LogP contribution in [0.15, 0.2) is 53.3 Å². The molecule has 2 heterocycles. The summed E-state index contributed by atoms with van der Waals surface area (Å²) < 4.78 is 1.87. The molecular weight excluding hydrogens is 424 g/mol. The lowest BCUT2D eigenvalue weighted by molar-refractivity contribution is -0.109. The van der Waals surface area contributed by atoms with E-state index in [0.717, 1.165) is 43.3 Å². The van der Waals surface area contributed by atoms with Crippen LogP contribution < -0.4 is 11.0 Å². The smallest absolute Gasteiger partial charge is 0.317 e. The van der Waals surface area contributed by atoms with Crippen LogP contribution in [0.3, 0.4) is 0 Å². The average molecular weight is 465 g/mol. The van der Waals surface area contributed by atoms with Gasteiger partial charge in [-0.1, -0.05) is 56.7 Å². The van der Waals surface area contributed by atoms with Gasteiger partial charge in [0.25, 0.3) is 0 Å². The molecule has 1 aliphatic heterocycles. The maximum atomic E-state index is 12.1. The molecular formula is C28H40N4O2. The Morgan fingerprint density at radius 3 is 2.32 bits per heavy atom. The molecule has 2 aliphatic rings. The van der Waals surface area contributed by atoms with E-state index >= 15 is 0 Å². The first-order valence-electron chi connectivity index (χ1n) is 12.7. The van der Waals surface area contributed by atoms with Crippen molar-refractivity contribution in [3.05, 3.63) is 70.1 Å². The molecule has 184 valence electrons. The highest BCUT2D eigenvalue weighted by molar-refractivity contribution is 5.75. The summed E-state index contributed by atoms with van der Waals surface area (Å²) in [7, 11) is 2.05. The number of imidazole rings is 1. The number of carbonyl (C=O) groups excluding carboxylic acids is 1. The van der Waals surface area contributed by atoms with Gasteiger partial charge in [0.15, 0.2) is 0 Å². The van der Waals surface area contributed by atoms with Crippen LogP contribution in [0, 0.1) is 0 Å². The Morgan fingerprint density at radius 2 is 1.65 bits per heavy atom. The number of hydrogen-bond donors (Lipinski definition) is 2. The van der Waals surface area contributed by atoms with Gasteiger partial charge in [-0.25, -0.2) is 4.79 Å². The highest BCUT2D eigenvalue weighted by Gasteiger charge is 2.23. The van der Waals surface area contributed by atoms with Gasteiger partial charge in [0, 0.05) is 25.2 Å². The highest BCUT2D eigenvalue weighted by Crippen LogP contribution is 2.24. The summed E-state index contributed by atoms with van der Waals surface area (Å²) in [6, 6.07) is 17.5. The van der Waals surface area contributed by atoms with Crippen molar-refractivity contribution < 1.29 is 4.79 Å². The first-order chi connectivity index (χ1) is 16.6. The lowest BCUT2D eigenvalue weighted by Gasteiger charge is -2.31. The molecule has 1 unspecified atom stereocenters. The fourth-order valence-corrected chi connectivity index (χ4v) is 4.85. The molecule has 6 nitrogen and oxygen atoms in total. The Morgan fingerprint density at radius 1 is 1.00 bits per heavy atom. The number of aldehydes is 1. The maximum Gasteiger partial charge on any atom is 0.326 e. The van der Waals surface area contributed by atoms with Crippen LogP contribution in [0.1, 0.15) is 56.7 Å². The third-order valence-corrected chi connectivity index (χ3v) is 6.63. The van der Waals surface area contributed by atoms with E-state index in [0.29, 0.717) is 12.6 Å². The van der Waals surface area contributed by atoms with E-state index in [2.05, 4.69) is 60.4 Å². The number of likely N-dealkylation sites (N-methyl/N-ethyl adjacent to an activating group) is 1. The molecule has 34 heavy (non-hydrogen) atoms. The summed E-state index contributed by atoms with van der Waals surface area (Å²) in [4.78, 5) is 27.6. The molecule has 1 aliphatic carbocycles. The number of aromatic amines is 1. The van der Waals surface area contributed by atoms with Crippen molar-refractivity contribution in [3.63, 3.8) is 0 Å². The minimum Gasteiger partial charge on any atom is -0.317 e. The minimum absolute atomic E-state index is 0.0324. The van der Waals surface area contributed by atoms with Gasteiger partial charge in [-0.3, -0.25) is 9.47 Å². The number of likely N-dealkylation sites (tertiary alicyclic amines) is 1. The molecule has 1 aromatic heterocycles. The van der Waals surface area contributed by atoms with Crippen LogP contribution >= 0.6 is 0 Å². The quantitative estimate of drug-likeness (QED) is 0.564. The summed E-state index contributed by atoms with van der Waals surface area (Å²) in [6.45, 7) is 6.49. The number of nitrogens with zero attached hydrogens (tertiary/aromatic N) is 2. The number of piperidine rings is 1. The van der Waals surface area contributed by atoms with Gasteiger partial charge in [-0.05, 0) is 62.4 Å². The molecule has 2 aromatic carbocycles. The molecule has 1 fully saturated rings. The standard InChI is InChI=1S/C14H17N3O2.C11H15N.C3H8/c18-10-9-16-7-5-11(6-8-16)17-13-4-2-1-3-12(13)15-14(17)19;1-12-11-7-6-9-4-2-3-5-10(9)8-11;1-3-2/h1-4,10-11H,5-9H2,(H,15,19);2-5,11-12H,6-8H2,1H3;3H2,1-2H3. The molecule has 0 saturated carbocycles. The minimum atomic E-state index is -0.0324. The van der Waals surface area contributed by atoms with E-state index in [1.54, 1.807) is 5.56 Å². The zero-order chi connectivity index (χ0) is 24.3. The molecule has 3 aromatic rings. The second-order valence-corrected chi connectivity index (χ2v) is 9.22. The van der Waals surface area contributed by atoms with Gasteiger partial charge < -0.3 is 15.1 Å². The van der Waals surface area contributed by atoms with E-state index in [9.17, 15) is 9.59 Å². The van der Waals surface area contributed by atoms with Crippen molar-refractivity contribution in [1.82, 2.24) is 19.8 Å². The number of aryl methyl sites for hydroxylation is 1. The second kappa shape index (κ2) is 13.3. The van der Waals surface area contributed by atoms with E-state index in [4.69, 9.17) is 0 Å². The largest absolute Gasteiger partial charge is 0.326 e. The van der Waals surface area contributed by atoms with Crippen LogP contribution in [-0.4, -0.2) is 53.5 Å². The monoisotopic (exact) mass is 464 g/mol. The number of benzene rings is 2. The zero-order valence-corrected chi connectivity index (χ0v) is 20.9. The number of fused-ring (bicyclic) bond motifs is 2. The molecule has 1 atom stereocenters. The molecule has 5 rings (SSSR count). The van der Waals surface area contributed by atoms with Crippen molar-refractivity contribution in [2.45, 2.75) is 64.5 Å². The van der Waals surface area contributed by atoms with Crippen molar-refractivity contribution in [2.75, 3.05) is 26.7 Å². The third-order valence-electron chi connectivity index (χ3n) is 6.63. The van der Waals surface area contributed by atoms with E-state index < -0.39 is 0 Å². The second-order valence-electron chi connectivity index (χ2n) is 9.22. The number of carbonyl (C=O) groups is 1. The van der Waals surface area contributed by atoms with Crippen LogP contribution in [0.25, 0.3) is 11.0 Å². The lowest BCUT2D eigenvalue weighted by Crippen LogP contribution is -2.37. The molecule has 0 spiro atoms. The van der Waals surface area contributed by atoms with Crippen LogP contribution in [0.4, 0.5) is 0 Å². The topological polar surface area (TPSA) is 70.1 Å². The van der Waals surface area contributed by atoms with Gasteiger partial charge >= 0.3 is 5.69 Å². The molecule has 0 radical (unpaired) electrons. The Hall–Kier alpha value is -2.70. The van der Waals surface area contributed by atoms with E-state index in [1.807, 2.05) is 28.8 Å². The highest BCUT2D eigenvalue weighted by atomic mass is 16.1. The zero-order valence-electron chi connectivity index (χ0n) is 20.9. The van der Waals surface area contributed by atoms with Gasteiger partial charge in [-0.15, -0.1) is 0 Å². The van der Waals surface area contributed by atoms with Crippen LogP contribution in [0.5, 0.6) is 0 Å². The summed E-state index contributed by atoms with van der Waals surface area (Å²) in [5, 5.41) is 3.34. The Labute approximate surface area is 203 Å². The molecule has 0 amide bonds. The lowest BCUT2D eigenvalue weighted by atomic mass is 9.88. The predicted molar refractivity (Wildman–Crippen MR) is 141 cm³/mol. The van der Waals surface area contributed by atoms with Crippen LogP contribution in [-0.2, 0) is 17.6 Å². The van der Waals surface area contributed by atoms with Gasteiger partial charge in [0.2, 0.25) is 0 Å². The summed E-state index contributed by atoms with van der Waals surface area (Å²) in [6.07, 6.45) is 7.74. The Balaban J connectivity index is 0.000000185. The normalized spacial score (nSPS) is 18.3. The van der Waals surface area contributed by atoms with Crippen molar-refractivity contribution >= 4 is 17.3 Å². The number of H-pyrrole nitrogens is 1. The summed E-state index contributed by atoms with van der Waals surface area (Å²) in [5.41, 5.74) is 4.91. The molecule has 2 N–H and O–H groups in total. The number of para-hydroxylation sites is 2. The maximum absolute atomic E-state index is 12.1. The number of aromatic nitrogens is 2. The van der Waals surface area contributed by atoms with Crippen molar-refractivity contribution in [3.8, 4) is 0 Å². The first kappa shape index (κ1) is 25.9. The summed E-state index contributed by atoms with van der Waals surface area (Å²) in [5.74, 6) is 0. The first-order valence-corrected chi connectivity index (χ1v) is 12.7. The number of hydrogen-bond acceptors (Lipinski definition) is 4. The van der Waals surface area contributed by atoms with Gasteiger partial charge in [0.05, 0.1) is 17.6 Å². The fraction of sp³-hybridized carbons (Fsp3) is 0.500. The third kappa shape index (κ3) is 6.67. The van der Waals surface area contributed by atoms with Gasteiger partial charge in [0.1, 0.15) is 6.29 Å². The van der Waals surface area contributed by atoms with E-state index in [1.165, 1.54) is 31.2 Å². The molecule has 6 heteroatoms. The molecule has 0 bridgehead atoms. The fourth-order valence-electron chi connectivity index (χ4n) is 4.85. The van der Waals surface area contributed by atoms with Crippen molar-refractivity contribution in [2.24, 2.45) is 0 Å². The van der Waals surface area contributed by atoms with Crippen LogP contribution in [0.2, 0.25) is 0 Å². The SMILES string of the molecule is CCC.CNC1CCc2ccccc2C1.O=CCN1CCC(n2c(=O)[nH]c3ccccc32)CC1. The summed E-state index contributed by atoms with van der Waals surface area (Å²) >= 11 is 0.